The van der Waals surface area contributed by atoms with E-state index in [9.17, 15) is 9.59 Å². The molecule has 3 aromatic rings. The summed E-state index contributed by atoms with van der Waals surface area (Å²) in [6.45, 7) is 6.77. The van der Waals surface area contributed by atoms with E-state index in [0.29, 0.717) is 50.1 Å². The SMILES string of the molecule is CCN(CC)Cc1cc(C(=O)OCCCOC(=O)Cc2ccccc2Nc2c(Cl)cccc2Cl)cc(Br)c1N. The molecule has 0 spiro atoms. The lowest BCUT2D eigenvalue weighted by molar-refractivity contribution is -0.143. The number of nitrogen functional groups attached to an aromatic ring is 1. The molecule has 7 nitrogen and oxygen atoms in total. The number of benzene rings is 3. The number of anilines is 3. The molecule has 0 aromatic heterocycles. The number of halogens is 3. The Bertz CT molecular complexity index is 1280. The summed E-state index contributed by atoms with van der Waals surface area (Å²) in [6, 6.07) is 16.0. The number of nitrogens with one attached hydrogen (secondary N) is 1. The van der Waals surface area contributed by atoms with E-state index in [1.807, 2.05) is 24.3 Å². The number of esters is 2. The van der Waals surface area contributed by atoms with E-state index >= 15 is 0 Å². The predicted octanol–water partition coefficient (Wildman–Crippen LogP) is 7.26. The average molecular weight is 637 g/mol. The Kier molecular flexibility index (Phi) is 11.9. The van der Waals surface area contributed by atoms with E-state index < -0.39 is 11.9 Å². The normalized spacial score (nSPS) is 10.9. The number of hydrogen-bond acceptors (Lipinski definition) is 7. The highest BCUT2D eigenvalue weighted by molar-refractivity contribution is 9.10. The van der Waals surface area contributed by atoms with Crippen molar-refractivity contribution in [2.45, 2.75) is 33.2 Å². The highest BCUT2D eigenvalue weighted by atomic mass is 79.9. The molecule has 0 aliphatic heterocycles. The van der Waals surface area contributed by atoms with Crippen LogP contribution in [0.25, 0.3) is 0 Å². The summed E-state index contributed by atoms with van der Waals surface area (Å²) in [4.78, 5) is 27.3. The zero-order valence-corrected chi connectivity index (χ0v) is 25.0. The van der Waals surface area contributed by atoms with Gasteiger partial charge in [-0.1, -0.05) is 61.3 Å². The molecule has 0 saturated carbocycles. The third kappa shape index (κ3) is 8.86. The molecular formula is C29H32BrCl2N3O4. The predicted molar refractivity (Wildman–Crippen MR) is 161 cm³/mol. The molecular weight excluding hydrogens is 605 g/mol. The highest BCUT2D eigenvalue weighted by Crippen LogP contribution is 2.33. The van der Waals surface area contributed by atoms with Crippen LogP contribution in [-0.2, 0) is 27.2 Å². The second kappa shape index (κ2) is 15.1. The Morgan fingerprint density at radius 1 is 0.949 bits per heavy atom. The number of nitrogens with two attached hydrogens (primary N) is 1. The Morgan fingerprint density at radius 2 is 1.62 bits per heavy atom. The van der Waals surface area contributed by atoms with Gasteiger partial charge in [-0.15, -0.1) is 0 Å². The first-order valence-electron chi connectivity index (χ1n) is 12.6. The van der Waals surface area contributed by atoms with Crippen LogP contribution in [0.5, 0.6) is 0 Å². The number of ether oxygens (including phenoxy) is 2. The second-order valence-corrected chi connectivity index (χ2v) is 10.4. The van der Waals surface area contributed by atoms with Gasteiger partial charge in [0.05, 0.1) is 46.6 Å². The quantitative estimate of drug-likeness (QED) is 0.116. The molecule has 0 aliphatic rings. The fourth-order valence-corrected chi connectivity index (χ4v) is 4.85. The summed E-state index contributed by atoms with van der Waals surface area (Å²) in [5.41, 5.74) is 10.1. The molecule has 0 unspecified atom stereocenters. The largest absolute Gasteiger partial charge is 0.465 e. The molecule has 0 amide bonds. The maximum atomic E-state index is 12.6. The van der Waals surface area contributed by atoms with E-state index in [-0.39, 0.29) is 19.6 Å². The van der Waals surface area contributed by atoms with Crippen molar-refractivity contribution in [1.29, 1.82) is 0 Å². The van der Waals surface area contributed by atoms with Crippen LogP contribution in [0.2, 0.25) is 10.0 Å². The van der Waals surface area contributed by atoms with Gasteiger partial charge in [0, 0.05) is 23.1 Å². The van der Waals surface area contributed by atoms with Gasteiger partial charge in [-0.2, -0.15) is 0 Å². The Hall–Kier alpha value is -2.78. The summed E-state index contributed by atoms with van der Waals surface area (Å²) >= 11 is 16.0. The third-order valence-electron chi connectivity index (χ3n) is 6.10. The van der Waals surface area contributed by atoms with Crippen LogP contribution in [0.1, 0.15) is 41.8 Å². The minimum Gasteiger partial charge on any atom is -0.465 e. The maximum Gasteiger partial charge on any atom is 0.338 e. The summed E-state index contributed by atoms with van der Waals surface area (Å²) < 4.78 is 11.4. The smallest absolute Gasteiger partial charge is 0.338 e. The molecule has 3 N–H and O–H groups in total. The highest BCUT2D eigenvalue weighted by Gasteiger charge is 2.16. The van der Waals surface area contributed by atoms with Crippen LogP contribution in [0.15, 0.2) is 59.1 Å². The Labute approximate surface area is 247 Å². The number of rotatable bonds is 13. The van der Waals surface area contributed by atoms with Crippen molar-refractivity contribution in [2.75, 3.05) is 37.4 Å². The van der Waals surface area contributed by atoms with Crippen molar-refractivity contribution < 1.29 is 19.1 Å². The maximum absolute atomic E-state index is 12.6. The van der Waals surface area contributed by atoms with E-state index in [1.165, 1.54) is 0 Å². The number of carbonyl (C=O) groups excluding carboxylic acids is 2. The Balaban J connectivity index is 1.49. The number of para-hydroxylation sites is 2. The van der Waals surface area contributed by atoms with Gasteiger partial charge in [0.2, 0.25) is 0 Å². The molecule has 0 heterocycles. The van der Waals surface area contributed by atoms with E-state index in [0.717, 1.165) is 24.2 Å². The first-order chi connectivity index (χ1) is 18.7. The average Bonchev–Trinajstić information content (AvgIpc) is 2.92. The van der Waals surface area contributed by atoms with Gasteiger partial charge in [0.15, 0.2) is 0 Å². The zero-order valence-electron chi connectivity index (χ0n) is 21.9. The first-order valence-corrected chi connectivity index (χ1v) is 14.2. The molecule has 0 fully saturated rings. The molecule has 39 heavy (non-hydrogen) atoms. The van der Waals surface area contributed by atoms with Crippen molar-refractivity contribution in [2.24, 2.45) is 0 Å². The second-order valence-electron chi connectivity index (χ2n) is 8.76. The molecule has 0 bridgehead atoms. The lowest BCUT2D eigenvalue weighted by atomic mass is 10.1. The van der Waals surface area contributed by atoms with Crippen LogP contribution in [-0.4, -0.2) is 43.1 Å². The van der Waals surface area contributed by atoms with Crippen LogP contribution in [0.3, 0.4) is 0 Å². The van der Waals surface area contributed by atoms with Crippen LogP contribution >= 0.6 is 39.1 Å². The minimum atomic E-state index is -0.457. The fourth-order valence-electron chi connectivity index (χ4n) is 3.86. The summed E-state index contributed by atoms with van der Waals surface area (Å²) in [5.74, 6) is -0.856. The van der Waals surface area contributed by atoms with Crippen molar-refractivity contribution in [3.8, 4) is 0 Å². The van der Waals surface area contributed by atoms with Crippen molar-refractivity contribution in [3.05, 3.63) is 85.8 Å². The summed E-state index contributed by atoms with van der Waals surface area (Å²) in [6.07, 6.45) is 0.425. The fraction of sp³-hybridized carbons (Fsp3) is 0.310. The molecule has 208 valence electrons. The van der Waals surface area contributed by atoms with Gasteiger partial charge in [-0.05, 0) is 70.5 Å². The lowest BCUT2D eigenvalue weighted by Gasteiger charge is -2.20. The molecule has 0 atom stereocenters. The van der Waals surface area contributed by atoms with E-state index in [1.54, 1.807) is 30.3 Å². The molecule has 10 heteroatoms. The minimum absolute atomic E-state index is 0.0554. The molecule has 0 aliphatic carbocycles. The molecule has 0 saturated heterocycles. The van der Waals surface area contributed by atoms with Crippen LogP contribution in [0.4, 0.5) is 17.1 Å². The monoisotopic (exact) mass is 635 g/mol. The van der Waals surface area contributed by atoms with Gasteiger partial charge in [0.1, 0.15) is 0 Å². The topological polar surface area (TPSA) is 93.9 Å². The van der Waals surface area contributed by atoms with Crippen LogP contribution in [0, 0.1) is 0 Å². The zero-order chi connectivity index (χ0) is 28.4. The van der Waals surface area contributed by atoms with Crippen molar-refractivity contribution >= 4 is 68.1 Å². The number of nitrogens with zero attached hydrogens (tertiary/aromatic N) is 1. The molecule has 0 radical (unpaired) electrons. The Morgan fingerprint density at radius 3 is 2.31 bits per heavy atom. The van der Waals surface area contributed by atoms with Crippen molar-refractivity contribution in [1.82, 2.24) is 4.90 Å². The number of hydrogen-bond donors (Lipinski definition) is 2. The van der Waals surface area contributed by atoms with Gasteiger partial charge in [0.25, 0.3) is 0 Å². The summed E-state index contributed by atoms with van der Waals surface area (Å²) in [5, 5.41) is 4.15. The van der Waals surface area contributed by atoms with Gasteiger partial charge < -0.3 is 20.5 Å². The van der Waals surface area contributed by atoms with E-state index in [2.05, 4.69) is 40.0 Å². The first kappa shape index (κ1) is 30.8. The standard InChI is InChI=1S/C29H32BrCl2N3O4/c1-3-35(4-2)18-21-15-20(16-22(30)27(21)33)29(37)39-14-8-13-38-26(36)17-19-9-5-6-12-25(19)34-28-23(31)10-7-11-24(28)32/h5-7,9-12,15-16,34H,3-4,8,13-14,17-18,33H2,1-2H3. The molecule has 3 aromatic carbocycles. The number of carbonyl (C=O) groups is 2. The van der Waals surface area contributed by atoms with Gasteiger partial charge in [-0.25, -0.2) is 4.79 Å². The van der Waals surface area contributed by atoms with Gasteiger partial charge >= 0.3 is 11.9 Å². The van der Waals surface area contributed by atoms with Crippen LogP contribution < -0.4 is 11.1 Å². The summed E-state index contributed by atoms with van der Waals surface area (Å²) in [7, 11) is 0. The molecule has 3 rings (SSSR count). The van der Waals surface area contributed by atoms with Gasteiger partial charge in [-0.3, -0.25) is 9.69 Å². The van der Waals surface area contributed by atoms with E-state index in [4.69, 9.17) is 38.4 Å². The lowest BCUT2D eigenvalue weighted by Crippen LogP contribution is -2.23. The van der Waals surface area contributed by atoms with Crippen molar-refractivity contribution in [3.63, 3.8) is 0 Å². The third-order valence-corrected chi connectivity index (χ3v) is 7.38.